The van der Waals surface area contributed by atoms with E-state index in [4.69, 9.17) is 11.6 Å². The van der Waals surface area contributed by atoms with Gasteiger partial charge in [-0.1, -0.05) is 12.8 Å². The van der Waals surface area contributed by atoms with Crippen molar-refractivity contribution in [2.45, 2.75) is 37.5 Å². The molecule has 0 amide bonds. The number of thiazole rings is 1. The van der Waals surface area contributed by atoms with E-state index in [1.165, 1.54) is 35.6 Å². The molecule has 1 aliphatic rings. The number of halogens is 1. The number of aromatic nitrogens is 1. The fourth-order valence-corrected chi connectivity index (χ4v) is 2.91. The lowest BCUT2D eigenvalue weighted by molar-refractivity contribution is 0.716. The van der Waals surface area contributed by atoms with Crippen molar-refractivity contribution in [1.82, 2.24) is 4.98 Å². The summed E-state index contributed by atoms with van der Waals surface area (Å²) in [7, 11) is 0. The molecule has 12 heavy (non-hydrogen) atoms. The van der Waals surface area contributed by atoms with Crippen LogP contribution in [0.15, 0.2) is 6.20 Å². The van der Waals surface area contributed by atoms with Crippen LogP contribution < -0.4 is 0 Å². The predicted octanol–water partition coefficient (Wildman–Crippen LogP) is 3.54. The van der Waals surface area contributed by atoms with Gasteiger partial charge in [-0.25, -0.2) is 4.98 Å². The molecule has 0 bridgehead atoms. The molecule has 1 nitrogen and oxygen atoms in total. The van der Waals surface area contributed by atoms with Crippen molar-refractivity contribution in [1.29, 1.82) is 0 Å². The largest absolute Gasteiger partial charge is 0.249 e. The topological polar surface area (TPSA) is 12.9 Å². The SMILES string of the molecule is ClCc1cnc(C2CCCC2)s1. The van der Waals surface area contributed by atoms with Crippen LogP contribution in [0.5, 0.6) is 0 Å². The molecule has 0 spiro atoms. The molecule has 1 heterocycles. The Morgan fingerprint density at radius 3 is 2.83 bits per heavy atom. The first-order chi connectivity index (χ1) is 5.90. The van der Waals surface area contributed by atoms with Crippen molar-refractivity contribution < 1.29 is 0 Å². The molecule has 0 saturated heterocycles. The van der Waals surface area contributed by atoms with Gasteiger partial charge in [-0.3, -0.25) is 0 Å². The van der Waals surface area contributed by atoms with E-state index >= 15 is 0 Å². The van der Waals surface area contributed by atoms with Gasteiger partial charge in [-0.05, 0) is 12.8 Å². The van der Waals surface area contributed by atoms with Crippen LogP contribution in [-0.2, 0) is 5.88 Å². The highest BCUT2D eigenvalue weighted by molar-refractivity contribution is 7.11. The lowest BCUT2D eigenvalue weighted by Gasteiger charge is -2.01. The zero-order valence-electron chi connectivity index (χ0n) is 6.92. The van der Waals surface area contributed by atoms with Crippen LogP contribution in [0.3, 0.4) is 0 Å². The summed E-state index contributed by atoms with van der Waals surface area (Å²) < 4.78 is 0. The molecule has 1 aromatic rings. The van der Waals surface area contributed by atoms with Crippen LogP contribution in [-0.4, -0.2) is 4.98 Å². The van der Waals surface area contributed by atoms with Gasteiger partial charge in [0.1, 0.15) is 0 Å². The van der Waals surface area contributed by atoms with Crippen molar-refractivity contribution >= 4 is 22.9 Å². The van der Waals surface area contributed by atoms with Crippen LogP contribution in [0.1, 0.15) is 41.5 Å². The smallest absolute Gasteiger partial charge is 0.0959 e. The third-order valence-corrected chi connectivity index (χ3v) is 4.01. The molecule has 0 radical (unpaired) electrons. The van der Waals surface area contributed by atoms with Crippen LogP contribution in [0.25, 0.3) is 0 Å². The monoisotopic (exact) mass is 201 g/mol. The van der Waals surface area contributed by atoms with Gasteiger partial charge in [0, 0.05) is 17.0 Å². The highest BCUT2D eigenvalue weighted by Crippen LogP contribution is 2.36. The molecule has 1 aliphatic carbocycles. The van der Waals surface area contributed by atoms with Crippen molar-refractivity contribution in [3.8, 4) is 0 Å². The van der Waals surface area contributed by atoms with Crippen LogP contribution in [0.2, 0.25) is 0 Å². The standard InChI is InChI=1S/C9H12ClNS/c10-5-8-6-11-9(12-8)7-3-1-2-4-7/h6-7H,1-5H2. The highest BCUT2D eigenvalue weighted by Gasteiger charge is 2.19. The minimum Gasteiger partial charge on any atom is -0.249 e. The maximum absolute atomic E-state index is 5.72. The molecular weight excluding hydrogens is 190 g/mol. The normalized spacial score (nSPS) is 18.8. The lowest BCUT2D eigenvalue weighted by atomic mass is 10.1. The fraction of sp³-hybridized carbons (Fsp3) is 0.667. The summed E-state index contributed by atoms with van der Waals surface area (Å²) in [6, 6.07) is 0. The van der Waals surface area contributed by atoms with E-state index in [-0.39, 0.29) is 0 Å². The van der Waals surface area contributed by atoms with Gasteiger partial charge in [0.2, 0.25) is 0 Å². The maximum Gasteiger partial charge on any atom is 0.0959 e. The first kappa shape index (κ1) is 8.52. The van der Waals surface area contributed by atoms with Gasteiger partial charge in [-0.15, -0.1) is 22.9 Å². The number of alkyl halides is 1. The highest BCUT2D eigenvalue weighted by atomic mass is 35.5. The average Bonchev–Trinajstić information content (AvgIpc) is 2.75. The minimum atomic E-state index is 0.615. The lowest BCUT2D eigenvalue weighted by Crippen LogP contribution is -1.88. The van der Waals surface area contributed by atoms with E-state index in [1.54, 1.807) is 11.3 Å². The Bertz CT molecular complexity index is 253. The Hall–Kier alpha value is -0.0800. The van der Waals surface area contributed by atoms with Crippen molar-refractivity contribution in [2.24, 2.45) is 0 Å². The number of hydrogen-bond acceptors (Lipinski definition) is 2. The zero-order valence-corrected chi connectivity index (χ0v) is 8.50. The van der Waals surface area contributed by atoms with Gasteiger partial charge in [-0.2, -0.15) is 0 Å². The molecule has 1 fully saturated rings. The maximum atomic E-state index is 5.72. The van der Waals surface area contributed by atoms with Crippen LogP contribution >= 0.6 is 22.9 Å². The molecule has 0 aromatic carbocycles. The Morgan fingerprint density at radius 1 is 1.50 bits per heavy atom. The fourth-order valence-electron chi connectivity index (χ4n) is 1.75. The third-order valence-electron chi connectivity index (χ3n) is 2.41. The average molecular weight is 202 g/mol. The van der Waals surface area contributed by atoms with Gasteiger partial charge in [0.15, 0.2) is 0 Å². The molecule has 3 heteroatoms. The second-order valence-electron chi connectivity index (χ2n) is 3.28. The van der Waals surface area contributed by atoms with Crippen LogP contribution in [0.4, 0.5) is 0 Å². The Kier molecular flexibility index (Phi) is 2.66. The molecule has 0 unspecified atom stereocenters. The van der Waals surface area contributed by atoms with Gasteiger partial charge in [0.05, 0.1) is 10.9 Å². The second-order valence-corrected chi connectivity index (χ2v) is 4.69. The Labute approximate surface area is 81.8 Å². The predicted molar refractivity (Wildman–Crippen MR) is 52.9 cm³/mol. The molecule has 1 saturated carbocycles. The molecule has 2 rings (SSSR count). The number of nitrogens with zero attached hydrogens (tertiary/aromatic N) is 1. The van der Waals surface area contributed by atoms with Crippen molar-refractivity contribution in [2.75, 3.05) is 0 Å². The molecule has 0 N–H and O–H groups in total. The zero-order chi connectivity index (χ0) is 8.39. The molecule has 1 aromatic heterocycles. The summed E-state index contributed by atoms with van der Waals surface area (Å²) in [5.41, 5.74) is 0. The molecule has 0 atom stereocenters. The van der Waals surface area contributed by atoms with Gasteiger partial charge in [0.25, 0.3) is 0 Å². The Balaban J connectivity index is 2.11. The van der Waals surface area contributed by atoms with Gasteiger partial charge < -0.3 is 0 Å². The minimum absolute atomic E-state index is 0.615. The van der Waals surface area contributed by atoms with E-state index in [1.807, 2.05) is 6.20 Å². The van der Waals surface area contributed by atoms with Crippen LogP contribution in [0, 0.1) is 0 Å². The summed E-state index contributed by atoms with van der Waals surface area (Å²) in [5, 5.41) is 1.31. The number of rotatable bonds is 2. The summed E-state index contributed by atoms with van der Waals surface area (Å²) in [6.45, 7) is 0. The first-order valence-corrected chi connectivity index (χ1v) is 5.76. The third kappa shape index (κ3) is 1.64. The second kappa shape index (κ2) is 3.75. The van der Waals surface area contributed by atoms with E-state index in [9.17, 15) is 0 Å². The first-order valence-electron chi connectivity index (χ1n) is 4.40. The Morgan fingerprint density at radius 2 is 2.25 bits per heavy atom. The number of hydrogen-bond donors (Lipinski definition) is 0. The van der Waals surface area contributed by atoms with E-state index in [0.29, 0.717) is 5.88 Å². The summed E-state index contributed by atoms with van der Waals surface area (Å²) >= 11 is 7.50. The molecule has 66 valence electrons. The van der Waals surface area contributed by atoms with E-state index < -0.39 is 0 Å². The van der Waals surface area contributed by atoms with Crippen molar-refractivity contribution in [3.63, 3.8) is 0 Å². The van der Waals surface area contributed by atoms with E-state index in [0.717, 1.165) is 5.92 Å². The summed E-state index contributed by atoms with van der Waals surface area (Å²) in [5.74, 6) is 1.36. The van der Waals surface area contributed by atoms with E-state index in [2.05, 4.69) is 4.98 Å². The summed E-state index contributed by atoms with van der Waals surface area (Å²) in [6.07, 6.45) is 7.33. The molecular formula is C9H12ClNS. The summed E-state index contributed by atoms with van der Waals surface area (Å²) in [4.78, 5) is 5.61. The quantitative estimate of drug-likeness (QED) is 0.667. The van der Waals surface area contributed by atoms with Gasteiger partial charge >= 0.3 is 0 Å². The van der Waals surface area contributed by atoms with Crippen molar-refractivity contribution in [3.05, 3.63) is 16.1 Å². The molecule has 0 aliphatic heterocycles.